The minimum absolute atomic E-state index is 0.0820. The highest BCUT2D eigenvalue weighted by Crippen LogP contribution is 2.25. The summed E-state index contributed by atoms with van der Waals surface area (Å²) in [5, 5.41) is 11.4. The predicted octanol–water partition coefficient (Wildman–Crippen LogP) is 1.21. The van der Waals surface area contributed by atoms with Crippen molar-refractivity contribution in [1.29, 1.82) is 0 Å². The number of piperidine rings is 1. The summed E-state index contributed by atoms with van der Waals surface area (Å²) in [6, 6.07) is 4.21. The van der Waals surface area contributed by atoms with Crippen molar-refractivity contribution in [2.75, 3.05) is 13.1 Å². The number of carboxylic acid groups (broad SMARTS) is 1. The zero-order valence-electron chi connectivity index (χ0n) is 13.8. The van der Waals surface area contributed by atoms with Gasteiger partial charge in [0.1, 0.15) is 16.8 Å². The minimum Gasteiger partial charge on any atom is -0.480 e. The maximum absolute atomic E-state index is 13.8. The number of sulfonamides is 1. The number of aliphatic carboxylic acids is 1. The van der Waals surface area contributed by atoms with Crippen molar-refractivity contribution >= 4 is 21.9 Å². The van der Waals surface area contributed by atoms with Gasteiger partial charge >= 0.3 is 5.97 Å². The van der Waals surface area contributed by atoms with E-state index in [0.717, 1.165) is 10.4 Å². The molecule has 1 amide bonds. The molecular formula is C16H21FN2O5S. The Morgan fingerprint density at radius 3 is 2.44 bits per heavy atom. The summed E-state index contributed by atoms with van der Waals surface area (Å²) in [6.45, 7) is 1.82. The first kappa shape index (κ1) is 19.3. The smallest absolute Gasteiger partial charge is 0.326 e. The van der Waals surface area contributed by atoms with Crippen LogP contribution in [0.25, 0.3) is 0 Å². The molecule has 0 spiro atoms. The molecule has 2 rings (SSSR count). The van der Waals surface area contributed by atoms with Crippen LogP contribution in [0.15, 0.2) is 29.2 Å². The molecule has 0 aromatic heterocycles. The maximum atomic E-state index is 13.8. The quantitative estimate of drug-likeness (QED) is 0.781. The van der Waals surface area contributed by atoms with E-state index in [9.17, 15) is 22.4 Å². The number of carbonyl (C=O) groups excluding carboxylic acids is 1. The summed E-state index contributed by atoms with van der Waals surface area (Å²) in [5.41, 5.74) is 0. The Kier molecular flexibility index (Phi) is 6.12. The molecule has 138 valence electrons. The summed E-state index contributed by atoms with van der Waals surface area (Å²) in [7, 11) is -3.95. The van der Waals surface area contributed by atoms with Gasteiger partial charge in [-0.25, -0.2) is 17.6 Å². The van der Waals surface area contributed by atoms with Crippen molar-refractivity contribution in [1.82, 2.24) is 9.62 Å². The molecule has 0 saturated carbocycles. The third-order valence-corrected chi connectivity index (χ3v) is 6.23. The van der Waals surface area contributed by atoms with Gasteiger partial charge in [-0.15, -0.1) is 0 Å². The van der Waals surface area contributed by atoms with E-state index in [1.807, 2.05) is 0 Å². The maximum Gasteiger partial charge on any atom is 0.326 e. The Hall–Kier alpha value is -2.00. The van der Waals surface area contributed by atoms with Gasteiger partial charge in [-0.3, -0.25) is 4.79 Å². The molecule has 1 aromatic rings. The summed E-state index contributed by atoms with van der Waals surface area (Å²) < 4.78 is 39.9. The van der Waals surface area contributed by atoms with Gasteiger partial charge in [0.25, 0.3) is 0 Å². The lowest BCUT2D eigenvalue weighted by molar-refractivity contribution is -0.142. The minimum atomic E-state index is -3.95. The zero-order valence-corrected chi connectivity index (χ0v) is 14.6. The number of nitrogens with zero attached hydrogens (tertiary/aromatic N) is 1. The molecule has 1 aromatic carbocycles. The van der Waals surface area contributed by atoms with E-state index in [2.05, 4.69) is 5.32 Å². The first-order valence-electron chi connectivity index (χ1n) is 8.05. The molecule has 7 nitrogen and oxygen atoms in total. The summed E-state index contributed by atoms with van der Waals surface area (Å²) in [6.07, 6.45) is 0.784. The predicted molar refractivity (Wildman–Crippen MR) is 87.7 cm³/mol. The van der Waals surface area contributed by atoms with E-state index in [0.29, 0.717) is 0 Å². The van der Waals surface area contributed by atoms with Crippen LogP contribution in [-0.2, 0) is 19.6 Å². The van der Waals surface area contributed by atoms with Crippen LogP contribution in [0.5, 0.6) is 0 Å². The van der Waals surface area contributed by atoms with E-state index in [1.165, 1.54) is 18.2 Å². The molecule has 1 atom stereocenters. The molecule has 1 aliphatic heterocycles. The molecule has 1 saturated heterocycles. The summed E-state index contributed by atoms with van der Waals surface area (Å²) in [5.74, 6) is -2.76. The number of benzene rings is 1. The number of rotatable bonds is 6. The van der Waals surface area contributed by atoms with Gasteiger partial charge in [-0.2, -0.15) is 4.31 Å². The zero-order chi connectivity index (χ0) is 18.6. The lowest BCUT2D eigenvalue weighted by atomic mass is 9.97. The first-order chi connectivity index (χ1) is 11.8. The number of nitrogens with one attached hydrogen (secondary N) is 1. The van der Waals surface area contributed by atoms with Gasteiger partial charge in [0, 0.05) is 19.0 Å². The standard InChI is InChI=1S/C16H21FN2O5S/c1-2-13(16(21)22)18-15(20)11-7-9-19(10-8-11)25(23,24)14-6-4-3-5-12(14)17/h3-6,11,13H,2,7-10H2,1H3,(H,18,20)(H,21,22). The Morgan fingerprint density at radius 1 is 1.32 bits per heavy atom. The van der Waals surface area contributed by atoms with Crippen LogP contribution in [0.4, 0.5) is 4.39 Å². The second-order valence-corrected chi connectivity index (χ2v) is 7.82. The molecule has 1 heterocycles. The van der Waals surface area contributed by atoms with E-state index in [1.54, 1.807) is 6.92 Å². The Labute approximate surface area is 145 Å². The lowest BCUT2D eigenvalue weighted by Gasteiger charge is -2.31. The van der Waals surface area contributed by atoms with Gasteiger partial charge in [0.05, 0.1) is 0 Å². The van der Waals surface area contributed by atoms with Gasteiger partial charge in [0.15, 0.2) is 0 Å². The fourth-order valence-corrected chi connectivity index (χ4v) is 4.31. The van der Waals surface area contributed by atoms with E-state index in [-0.39, 0.29) is 37.2 Å². The van der Waals surface area contributed by atoms with Crippen LogP contribution in [0.1, 0.15) is 26.2 Å². The second kappa shape index (κ2) is 7.92. The SMILES string of the molecule is CCC(NC(=O)C1CCN(S(=O)(=O)c2ccccc2F)CC1)C(=O)O. The number of hydrogen-bond acceptors (Lipinski definition) is 4. The number of carboxylic acids is 1. The number of carbonyl (C=O) groups is 2. The van der Waals surface area contributed by atoms with E-state index in [4.69, 9.17) is 5.11 Å². The van der Waals surface area contributed by atoms with Gasteiger partial charge in [-0.1, -0.05) is 19.1 Å². The van der Waals surface area contributed by atoms with Gasteiger partial charge in [0.2, 0.25) is 15.9 Å². The highest BCUT2D eigenvalue weighted by Gasteiger charge is 2.34. The average molecular weight is 372 g/mol. The van der Waals surface area contributed by atoms with Crippen LogP contribution in [-0.4, -0.2) is 48.8 Å². The topological polar surface area (TPSA) is 104 Å². The molecule has 1 fully saturated rings. The van der Waals surface area contributed by atoms with E-state index >= 15 is 0 Å². The van der Waals surface area contributed by atoms with Gasteiger partial charge in [-0.05, 0) is 31.4 Å². The van der Waals surface area contributed by atoms with Gasteiger partial charge < -0.3 is 10.4 Å². The largest absolute Gasteiger partial charge is 0.480 e. The fraction of sp³-hybridized carbons (Fsp3) is 0.500. The molecule has 0 bridgehead atoms. The Bertz CT molecular complexity index is 745. The summed E-state index contributed by atoms with van der Waals surface area (Å²) >= 11 is 0. The Balaban J connectivity index is 2.01. The third-order valence-electron chi connectivity index (χ3n) is 4.30. The number of amides is 1. The monoisotopic (exact) mass is 372 g/mol. The lowest BCUT2D eigenvalue weighted by Crippen LogP contribution is -2.47. The highest BCUT2D eigenvalue weighted by molar-refractivity contribution is 7.89. The van der Waals surface area contributed by atoms with Crippen molar-refractivity contribution in [3.8, 4) is 0 Å². The van der Waals surface area contributed by atoms with Crippen LogP contribution in [0.2, 0.25) is 0 Å². The highest BCUT2D eigenvalue weighted by atomic mass is 32.2. The molecule has 0 radical (unpaired) electrons. The van der Waals surface area contributed by atoms with Crippen molar-refractivity contribution in [3.05, 3.63) is 30.1 Å². The van der Waals surface area contributed by atoms with Crippen molar-refractivity contribution in [2.24, 2.45) is 5.92 Å². The second-order valence-electron chi connectivity index (χ2n) is 5.92. The molecule has 9 heteroatoms. The van der Waals surface area contributed by atoms with E-state index < -0.39 is 39.7 Å². The normalized spacial score (nSPS) is 17.8. The molecule has 1 unspecified atom stereocenters. The number of halogens is 1. The van der Waals surface area contributed by atoms with Crippen LogP contribution in [0, 0.1) is 11.7 Å². The van der Waals surface area contributed by atoms with Crippen LogP contribution >= 0.6 is 0 Å². The summed E-state index contributed by atoms with van der Waals surface area (Å²) in [4.78, 5) is 22.8. The van der Waals surface area contributed by atoms with Crippen molar-refractivity contribution in [2.45, 2.75) is 37.1 Å². The molecule has 0 aliphatic carbocycles. The Morgan fingerprint density at radius 2 is 1.92 bits per heavy atom. The molecular weight excluding hydrogens is 351 g/mol. The molecule has 1 aliphatic rings. The first-order valence-corrected chi connectivity index (χ1v) is 9.49. The third kappa shape index (κ3) is 4.35. The van der Waals surface area contributed by atoms with Crippen LogP contribution < -0.4 is 5.32 Å². The molecule has 25 heavy (non-hydrogen) atoms. The van der Waals surface area contributed by atoms with Crippen LogP contribution in [0.3, 0.4) is 0 Å². The number of hydrogen-bond donors (Lipinski definition) is 2. The molecule has 2 N–H and O–H groups in total. The fourth-order valence-electron chi connectivity index (χ4n) is 2.78. The van der Waals surface area contributed by atoms with Crippen molar-refractivity contribution in [3.63, 3.8) is 0 Å². The average Bonchev–Trinajstić information content (AvgIpc) is 2.59. The van der Waals surface area contributed by atoms with Crippen molar-refractivity contribution < 1.29 is 27.5 Å².